The van der Waals surface area contributed by atoms with Crippen LogP contribution in [-0.4, -0.2) is 63.3 Å². The lowest BCUT2D eigenvalue weighted by atomic mass is 10.0. The second-order valence-electron chi connectivity index (χ2n) is 5.98. The van der Waals surface area contributed by atoms with Crippen molar-refractivity contribution in [3.8, 4) is 0 Å². The molecule has 2 N–H and O–H groups in total. The Morgan fingerprint density at radius 2 is 1.96 bits per heavy atom. The summed E-state index contributed by atoms with van der Waals surface area (Å²) in [6.07, 6.45) is 7.37. The third-order valence-corrected chi connectivity index (χ3v) is 4.28. The Morgan fingerprint density at radius 3 is 2.65 bits per heavy atom. The minimum Gasteiger partial charge on any atom is -0.381 e. The van der Waals surface area contributed by atoms with Gasteiger partial charge in [-0.15, -0.1) is 24.0 Å². The molecule has 1 heterocycles. The van der Waals surface area contributed by atoms with Gasteiger partial charge >= 0.3 is 0 Å². The molecule has 1 aliphatic heterocycles. The zero-order chi connectivity index (χ0) is 16.0. The predicted molar refractivity (Wildman–Crippen MR) is 110 cm³/mol. The second kappa shape index (κ2) is 15.4. The molecule has 0 aromatic carbocycles. The summed E-state index contributed by atoms with van der Waals surface area (Å²) in [5, 5.41) is 6.84. The molecule has 5 nitrogen and oxygen atoms in total. The summed E-state index contributed by atoms with van der Waals surface area (Å²) >= 11 is 0. The van der Waals surface area contributed by atoms with E-state index < -0.39 is 0 Å². The fourth-order valence-corrected chi connectivity index (χ4v) is 2.87. The van der Waals surface area contributed by atoms with Crippen LogP contribution in [0.4, 0.5) is 0 Å². The van der Waals surface area contributed by atoms with Crippen LogP contribution in [0, 0.1) is 0 Å². The number of guanidine groups is 1. The Morgan fingerprint density at radius 1 is 1.17 bits per heavy atom. The Balaban J connectivity index is 0.00000484. The minimum atomic E-state index is 0. The Kier molecular flexibility index (Phi) is 15.4. The molecular formula is C17H37IN4O. The third kappa shape index (κ3) is 10.4. The largest absolute Gasteiger partial charge is 0.381 e. The molecule has 0 radical (unpaired) electrons. The Labute approximate surface area is 160 Å². The zero-order valence-electron chi connectivity index (χ0n) is 15.3. The van der Waals surface area contributed by atoms with Crippen molar-refractivity contribution < 1.29 is 4.74 Å². The van der Waals surface area contributed by atoms with Crippen LogP contribution in [0.15, 0.2) is 4.99 Å². The topological polar surface area (TPSA) is 48.9 Å². The maximum absolute atomic E-state index is 5.57. The molecule has 1 atom stereocenters. The first kappa shape index (κ1) is 22.9. The molecule has 1 fully saturated rings. The van der Waals surface area contributed by atoms with Gasteiger partial charge in [0.05, 0.1) is 0 Å². The van der Waals surface area contributed by atoms with Gasteiger partial charge in [0.1, 0.15) is 0 Å². The highest BCUT2D eigenvalue weighted by atomic mass is 127. The molecule has 1 aliphatic rings. The minimum absolute atomic E-state index is 0. The van der Waals surface area contributed by atoms with Crippen LogP contribution >= 0.6 is 24.0 Å². The van der Waals surface area contributed by atoms with Gasteiger partial charge in [-0.1, -0.05) is 26.7 Å². The number of piperidine rings is 1. The Hall–Kier alpha value is -0.0800. The van der Waals surface area contributed by atoms with Crippen LogP contribution in [0.1, 0.15) is 52.4 Å². The van der Waals surface area contributed by atoms with Crippen LogP contribution in [0.3, 0.4) is 0 Å². The lowest BCUT2D eigenvalue weighted by Gasteiger charge is -2.35. The van der Waals surface area contributed by atoms with Crippen LogP contribution in [0.2, 0.25) is 0 Å². The molecular weight excluding hydrogens is 403 g/mol. The van der Waals surface area contributed by atoms with Gasteiger partial charge in [0.25, 0.3) is 0 Å². The van der Waals surface area contributed by atoms with Crippen molar-refractivity contribution in [3.63, 3.8) is 0 Å². The summed E-state index contributed by atoms with van der Waals surface area (Å²) < 4.78 is 5.57. The van der Waals surface area contributed by atoms with Gasteiger partial charge in [0.15, 0.2) is 5.96 Å². The van der Waals surface area contributed by atoms with E-state index in [-0.39, 0.29) is 24.0 Å². The number of hydrogen-bond donors (Lipinski definition) is 2. The molecule has 0 aromatic rings. The van der Waals surface area contributed by atoms with Crippen molar-refractivity contribution in [2.75, 3.05) is 46.4 Å². The lowest BCUT2D eigenvalue weighted by Crippen LogP contribution is -2.49. The van der Waals surface area contributed by atoms with Crippen molar-refractivity contribution >= 4 is 29.9 Å². The van der Waals surface area contributed by atoms with Gasteiger partial charge in [0.2, 0.25) is 0 Å². The first-order valence-corrected chi connectivity index (χ1v) is 9.08. The third-order valence-electron chi connectivity index (χ3n) is 4.28. The van der Waals surface area contributed by atoms with Gasteiger partial charge < -0.3 is 15.4 Å². The summed E-state index contributed by atoms with van der Waals surface area (Å²) in [7, 11) is 1.84. The van der Waals surface area contributed by atoms with E-state index >= 15 is 0 Å². The van der Waals surface area contributed by atoms with E-state index in [1.807, 2.05) is 7.05 Å². The number of unbranched alkanes of at least 4 members (excludes halogenated alkanes) is 1. The first-order valence-electron chi connectivity index (χ1n) is 9.08. The molecule has 1 rings (SSSR count). The molecule has 0 bridgehead atoms. The fourth-order valence-electron chi connectivity index (χ4n) is 2.87. The monoisotopic (exact) mass is 440 g/mol. The molecule has 1 unspecified atom stereocenters. The number of hydrogen-bond acceptors (Lipinski definition) is 3. The normalized spacial score (nSPS) is 19.3. The molecule has 0 amide bonds. The average Bonchev–Trinajstić information content (AvgIpc) is 2.57. The maximum Gasteiger partial charge on any atom is 0.191 e. The number of likely N-dealkylation sites (N-methyl/N-ethyl adjacent to an activating group) is 1. The predicted octanol–water partition coefficient (Wildman–Crippen LogP) is 2.85. The van der Waals surface area contributed by atoms with E-state index in [1.165, 1.54) is 32.2 Å². The van der Waals surface area contributed by atoms with Crippen molar-refractivity contribution in [1.82, 2.24) is 15.5 Å². The van der Waals surface area contributed by atoms with Crippen molar-refractivity contribution in [2.45, 2.75) is 58.4 Å². The highest BCUT2D eigenvalue weighted by Gasteiger charge is 2.20. The van der Waals surface area contributed by atoms with Gasteiger partial charge in [-0.3, -0.25) is 9.89 Å². The molecule has 1 saturated heterocycles. The SMILES string of the molecule is CCCCOCCCNC(=NC)NCC1CCCCN1CC.I. The van der Waals surface area contributed by atoms with Crippen molar-refractivity contribution in [1.29, 1.82) is 0 Å². The van der Waals surface area contributed by atoms with Gasteiger partial charge in [-0.2, -0.15) is 0 Å². The summed E-state index contributed by atoms with van der Waals surface area (Å²) in [5.41, 5.74) is 0. The van der Waals surface area contributed by atoms with Crippen molar-refractivity contribution in [3.05, 3.63) is 0 Å². The quantitative estimate of drug-likeness (QED) is 0.238. The molecule has 138 valence electrons. The highest BCUT2D eigenvalue weighted by molar-refractivity contribution is 14.0. The molecule has 0 aromatic heterocycles. The molecule has 0 aliphatic carbocycles. The van der Waals surface area contributed by atoms with Crippen LogP contribution in [-0.2, 0) is 4.74 Å². The molecule has 0 spiro atoms. The van der Waals surface area contributed by atoms with Gasteiger partial charge in [-0.05, 0) is 38.8 Å². The highest BCUT2D eigenvalue weighted by Crippen LogP contribution is 2.15. The number of halogens is 1. The van der Waals surface area contributed by atoms with E-state index in [1.54, 1.807) is 0 Å². The number of rotatable bonds is 10. The number of aliphatic imine (C=N–C) groups is 1. The number of likely N-dealkylation sites (tertiary alicyclic amines) is 1. The smallest absolute Gasteiger partial charge is 0.191 e. The van der Waals surface area contributed by atoms with E-state index in [0.717, 1.165) is 51.6 Å². The average molecular weight is 440 g/mol. The van der Waals surface area contributed by atoms with Crippen LogP contribution in [0.5, 0.6) is 0 Å². The maximum atomic E-state index is 5.57. The summed E-state index contributed by atoms with van der Waals surface area (Å²) in [4.78, 5) is 6.88. The van der Waals surface area contributed by atoms with E-state index in [0.29, 0.717) is 6.04 Å². The summed E-state index contributed by atoms with van der Waals surface area (Å²) in [6, 6.07) is 0.648. The van der Waals surface area contributed by atoms with E-state index in [9.17, 15) is 0 Å². The fraction of sp³-hybridized carbons (Fsp3) is 0.941. The Bertz CT molecular complexity index is 302. The number of nitrogens with zero attached hydrogens (tertiary/aromatic N) is 2. The van der Waals surface area contributed by atoms with E-state index in [4.69, 9.17) is 4.74 Å². The van der Waals surface area contributed by atoms with Crippen LogP contribution < -0.4 is 10.6 Å². The van der Waals surface area contributed by atoms with Gasteiger partial charge in [0, 0.05) is 39.4 Å². The summed E-state index contributed by atoms with van der Waals surface area (Å²) in [6.45, 7) is 10.4. The lowest BCUT2D eigenvalue weighted by molar-refractivity contribution is 0.129. The van der Waals surface area contributed by atoms with Gasteiger partial charge in [-0.25, -0.2) is 0 Å². The summed E-state index contributed by atoms with van der Waals surface area (Å²) in [5.74, 6) is 0.912. The van der Waals surface area contributed by atoms with Crippen molar-refractivity contribution in [2.24, 2.45) is 4.99 Å². The number of nitrogens with one attached hydrogen (secondary N) is 2. The molecule has 0 saturated carbocycles. The first-order chi connectivity index (χ1) is 10.8. The number of ether oxygens (including phenoxy) is 1. The second-order valence-corrected chi connectivity index (χ2v) is 5.98. The molecule has 23 heavy (non-hydrogen) atoms. The van der Waals surface area contributed by atoms with E-state index in [2.05, 4.69) is 34.4 Å². The zero-order valence-corrected chi connectivity index (χ0v) is 17.6. The molecule has 6 heteroatoms. The standard InChI is InChI=1S/C17H36N4O.HI/c1-4-6-13-22-14-9-11-19-17(18-3)20-15-16-10-7-8-12-21(16)5-2;/h16H,4-15H2,1-3H3,(H2,18,19,20);1H. The van der Waals surface area contributed by atoms with Crippen LogP contribution in [0.25, 0.3) is 0 Å².